The van der Waals surface area contributed by atoms with Gasteiger partial charge in [-0.3, -0.25) is 9.69 Å². The molecule has 0 unspecified atom stereocenters. The van der Waals surface area contributed by atoms with Crippen LogP contribution in [0.2, 0.25) is 5.02 Å². The van der Waals surface area contributed by atoms with Crippen LogP contribution >= 0.6 is 35.1 Å². The molecule has 3 aromatic carbocycles. The highest BCUT2D eigenvalue weighted by Gasteiger charge is 2.39. The molecule has 4 nitrogen and oxygen atoms in total. The smallest absolute Gasteiger partial charge is 0.334 e. The Morgan fingerprint density at radius 2 is 1.73 bits per heavy atom. The minimum Gasteiger partial charge on any atom is -0.334 e. The number of aliphatic imine (C=N–C) groups is 1. The molecule has 1 amide bonds. The molecule has 0 radical (unpaired) electrons. The van der Waals surface area contributed by atoms with Crippen LogP contribution in [0, 0.1) is 0 Å². The Morgan fingerprint density at radius 3 is 2.46 bits per heavy atom. The molecule has 0 atom stereocenters. The topological polar surface area (TPSA) is 35.9 Å². The Kier molecular flexibility index (Phi) is 7.29. The van der Waals surface area contributed by atoms with Crippen molar-refractivity contribution in [3.63, 3.8) is 0 Å². The molecule has 0 aliphatic carbocycles. The summed E-state index contributed by atoms with van der Waals surface area (Å²) in [6, 6.07) is 20.2. The monoisotopic (exact) mass is 559 g/mol. The molecule has 0 spiro atoms. The lowest BCUT2D eigenvalue weighted by Crippen LogP contribution is -2.32. The molecule has 37 heavy (non-hydrogen) atoms. The van der Waals surface area contributed by atoms with Gasteiger partial charge in [0.25, 0.3) is 5.91 Å². The van der Waals surface area contributed by atoms with Crippen LogP contribution in [0.3, 0.4) is 0 Å². The minimum atomic E-state index is -4.48. The summed E-state index contributed by atoms with van der Waals surface area (Å²) in [5.74, 6) is -0.216. The van der Waals surface area contributed by atoms with Crippen LogP contribution in [0.4, 0.5) is 24.5 Å². The average Bonchev–Trinajstić information content (AvgIpc) is 3.39. The van der Waals surface area contributed by atoms with E-state index in [9.17, 15) is 18.0 Å². The van der Waals surface area contributed by atoms with Crippen LogP contribution in [0.1, 0.15) is 18.1 Å². The maximum absolute atomic E-state index is 13.7. The van der Waals surface area contributed by atoms with Gasteiger partial charge >= 0.3 is 6.18 Å². The quantitative estimate of drug-likeness (QED) is 0.297. The first-order chi connectivity index (χ1) is 17.7. The standard InChI is InChI=1S/C27H21ClF3N3OS2/c1-2-33-21-16-19(28)11-12-22(21)36-25(33)23-24(35)34(14-13-17-7-4-3-5-8-17)26(37-23)32-20-10-6-9-18(15-20)27(29,30)31/h3-12,15-16H,2,13-14H2,1H3/b25-23-,32-26?. The number of hydrogen-bond donors (Lipinski definition) is 0. The zero-order chi connectivity index (χ0) is 26.2. The van der Waals surface area contributed by atoms with Crippen molar-refractivity contribution in [1.82, 2.24) is 4.90 Å². The largest absolute Gasteiger partial charge is 0.416 e. The SMILES string of the molecule is CCN1/C(=C2/SC(=Nc3cccc(C(F)(F)F)c3)N(CCc3ccccc3)C2=O)Sc2ccc(Cl)cc21. The van der Waals surface area contributed by atoms with E-state index in [4.69, 9.17) is 11.6 Å². The third kappa shape index (κ3) is 5.39. The number of carbonyl (C=O) groups is 1. The van der Waals surface area contributed by atoms with Gasteiger partial charge in [-0.2, -0.15) is 13.2 Å². The second kappa shape index (κ2) is 10.5. The van der Waals surface area contributed by atoms with Crippen LogP contribution in [0.15, 0.2) is 92.6 Å². The normalized spacial score (nSPS) is 18.7. The Hall–Kier alpha value is -2.88. The van der Waals surface area contributed by atoms with Gasteiger partial charge in [-0.05, 0) is 67.1 Å². The fourth-order valence-electron chi connectivity index (χ4n) is 4.10. The van der Waals surface area contributed by atoms with Crippen molar-refractivity contribution in [2.75, 3.05) is 18.0 Å². The summed E-state index contributed by atoms with van der Waals surface area (Å²) in [4.78, 5) is 23.3. The first-order valence-electron chi connectivity index (χ1n) is 11.5. The molecule has 0 aromatic heterocycles. The third-order valence-corrected chi connectivity index (χ3v) is 8.52. The van der Waals surface area contributed by atoms with Gasteiger partial charge in [-0.15, -0.1) is 0 Å². The molecule has 0 bridgehead atoms. The van der Waals surface area contributed by atoms with E-state index in [1.165, 1.54) is 35.7 Å². The molecule has 190 valence electrons. The van der Waals surface area contributed by atoms with Gasteiger partial charge in [-0.25, -0.2) is 4.99 Å². The Labute approximate surface area is 226 Å². The molecule has 5 rings (SSSR count). The summed E-state index contributed by atoms with van der Waals surface area (Å²) >= 11 is 8.91. The lowest BCUT2D eigenvalue weighted by atomic mass is 10.1. The van der Waals surface area contributed by atoms with Crippen LogP contribution in [0.25, 0.3) is 0 Å². The van der Waals surface area contributed by atoms with Crippen LogP contribution in [0.5, 0.6) is 0 Å². The van der Waals surface area contributed by atoms with Crippen LogP contribution in [-0.2, 0) is 17.4 Å². The number of amidine groups is 1. The first-order valence-corrected chi connectivity index (χ1v) is 13.5. The number of hydrogen-bond acceptors (Lipinski definition) is 5. The van der Waals surface area contributed by atoms with Crippen molar-refractivity contribution in [2.45, 2.75) is 24.4 Å². The van der Waals surface area contributed by atoms with Gasteiger partial charge in [0.05, 0.1) is 16.9 Å². The highest BCUT2D eigenvalue weighted by molar-refractivity contribution is 8.19. The Morgan fingerprint density at radius 1 is 0.946 bits per heavy atom. The molecule has 1 saturated heterocycles. The molecular formula is C27H21ClF3N3OS2. The molecule has 3 aromatic rings. The summed E-state index contributed by atoms with van der Waals surface area (Å²) < 4.78 is 39.9. The van der Waals surface area contributed by atoms with Gasteiger partial charge in [-0.1, -0.05) is 59.8 Å². The summed E-state index contributed by atoms with van der Waals surface area (Å²) in [5.41, 5.74) is 1.33. The average molecular weight is 560 g/mol. The zero-order valence-corrected chi connectivity index (χ0v) is 22.0. The van der Waals surface area contributed by atoms with E-state index in [0.717, 1.165) is 33.3 Å². The number of rotatable bonds is 5. The van der Waals surface area contributed by atoms with Crippen molar-refractivity contribution in [3.8, 4) is 0 Å². The highest BCUT2D eigenvalue weighted by Crippen LogP contribution is 2.51. The van der Waals surface area contributed by atoms with Gasteiger partial charge in [0, 0.05) is 23.0 Å². The summed E-state index contributed by atoms with van der Waals surface area (Å²) in [6.45, 7) is 2.96. The fourth-order valence-corrected chi connectivity index (χ4v) is 6.67. The molecule has 0 N–H and O–H groups in total. The van der Waals surface area contributed by atoms with E-state index in [0.29, 0.717) is 34.6 Å². The van der Waals surface area contributed by atoms with Crippen molar-refractivity contribution in [3.05, 3.63) is 98.9 Å². The molecular weight excluding hydrogens is 539 g/mol. The molecule has 10 heteroatoms. The number of nitrogens with zero attached hydrogens (tertiary/aromatic N) is 3. The number of anilines is 1. The van der Waals surface area contributed by atoms with Crippen LogP contribution in [-0.4, -0.2) is 29.1 Å². The van der Waals surface area contributed by atoms with Crippen molar-refractivity contribution in [1.29, 1.82) is 0 Å². The maximum atomic E-state index is 13.7. The lowest BCUT2D eigenvalue weighted by Gasteiger charge is -2.19. The van der Waals surface area contributed by atoms with E-state index in [2.05, 4.69) is 4.99 Å². The molecule has 2 aliphatic rings. The number of fused-ring (bicyclic) bond motifs is 1. The van der Waals surface area contributed by atoms with E-state index >= 15 is 0 Å². The number of amides is 1. The second-order valence-corrected chi connectivity index (χ2v) is 10.8. The summed E-state index contributed by atoms with van der Waals surface area (Å²) in [7, 11) is 0. The molecule has 2 aliphatic heterocycles. The number of thioether (sulfide) groups is 2. The van der Waals surface area contributed by atoms with Crippen molar-refractivity contribution in [2.24, 2.45) is 4.99 Å². The van der Waals surface area contributed by atoms with E-state index < -0.39 is 11.7 Å². The fraction of sp³-hybridized carbons (Fsp3) is 0.185. The molecule has 1 fully saturated rings. The lowest BCUT2D eigenvalue weighted by molar-refractivity contribution is -0.137. The van der Waals surface area contributed by atoms with E-state index in [-0.39, 0.29) is 11.6 Å². The summed E-state index contributed by atoms with van der Waals surface area (Å²) in [5, 5.41) is 1.73. The first kappa shape index (κ1) is 25.8. The zero-order valence-electron chi connectivity index (χ0n) is 19.6. The minimum absolute atomic E-state index is 0.141. The van der Waals surface area contributed by atoms with E-state index in [1.807, 2.05) is 60.4 Å². The highest BCUT2D eigenvalue weighted by atomic mass is 35.5. The maximum Gasteiger partial charge on any atom is 0.416 e. The predicted molar refractivity (Wildman–Crippen MR) is 145 cm³/mol. The van der Waals surface area contributed by atoms with E-state index in [1.54, 1.807) is 4.90 Å². The van der Waals surface area contributed by atoms with Gasteiger partial charge < -0.3 is 4.90 Å². The molecule has 0 saturated carbocycles. The number of benzene rings is 3. The predicted octanol–water partition coefficient (Wildman–Crippen LogP) is 7.97. The van der Waals surface area contributed by atoms with Gasteiger partial charge in [0.15, 0.2) is 5.17 Å². The Balaban J connectivity index is 1.54. The second-order valence-electron chi connectivity index (χ2n) is 8.33. The van der Waals surface area contributed by atoms with Gasteiger partial charge in [0.2, 0.25) is 0 Å². The number of halogens is 4. The van der Waals surface area contributed by atoms with Gasteiger partial charge in [0.1, 0.15) is 9.93 Å². The number of carbonyl (C=O) groups excluding carboxylic acids is 1. The Bertz CT molecular complexity index is 1410. The number of alkyl halides is 3. The van der Waals surface area contributed by atoms with Crippen molar-refractivity contribution >= 4 is 57.6 Å². The molecule has 2 heterocycles. The van der Waals surface area contributed by atoms with Crippen molar-refractivity contribution < 1.29 is 18.0 Å². The third-order valence-electron chi connectivity index (χ3n) is 5.90. The van der Waals surface area contributed by atoms with Crippen LogP contribution < -0.4 is 4.90 Å². The summed E-state index contributed by atoms with van der Waals surface area (Å²) in [6.07, 6.45) is -3.90.